The highest BCUT2D eigenvalue weighted by atomic mass is 35.5. The lowest BCUT2D eigenvalue weighted by Crippen LogP contribution is -2.25. The second-order valence-corrected chi connectivity index (χ2v) is 7.84. The van der Waals surface area contributed by atoms with Crippen LogP contribution in [0.15, 0.2) is 36.4 Å². The SMILES string of the molecule is CCN(CC)CCC[C@@H](C)Nc1c2ccccc2nc2cc(Cl)cc(Cl)c12. The van der Waals surface area contributed by atoms with Gasteiger partial charge in [-0.05, 0) is 57.6 Å². The molecular weight excluding hydrogens is 377 g/mol. The first-order valence-corrected chi connectivity index (χ1v) is 10.5. The van der Waals surface area contributed by atoms with Gasteiger partial charge in [-0.15, -0.1) is 0 Å². The van der Waals surface area contributed by atoms with Gasteiger partial charge in [-0.3, -0.25) is 0 Å². The molecule has 3 nitrogen and oxygen atoms in total. The molecule has 1 atom stereocenters. The van der Waals surface area contributed by atoms with Crippen molar-refractivity contribution >= 4 is 50.7 Å². The molecule has 0 saturated carbocycles. The molecule has 0 saturated heterocycles. The minimum Gasteiger partial charge on any atom is -0.381 e. The molecule has 144 valence electrons. The molecule has 5 heteroatoms. The largest absolute Gasteiger partial charge is 0.381 e. The van der Waals surface area contributed by atoms with Crippen LogP contribution in [0.4, 0.5) is 5.69 Å². The molecule has 0 amide bonds. The van der Waals surface area contributed by atoms with E-state index in [2.05, 4.69) is 37.1 Å². The Morgan fingerprint density at radius 1 is 1.07 bits per heavy atom. The molecule has 1 N–H and O–H groups in total. The van der Waals surface area contributed by atoms with Crippen molar-refractivity contribution in [3.63, 3.8) is 0 Å². The van der Waals surface area contributed by atoms with Crippen LogP contribution in [0.1, 0.15) is 33.6 Å². The van der Waals surface area contributed by atoms with Crippen molar-refractivity contribution in [2.45, 2.75) is 39.7 Å². The van der Waals surface area contributed by atoms with E-state index in [4.69, 9.17) is 28.2 Å². The van der Waals surface area contributed by atoms with Gasteiger partial charge in [0.05, 0.1) is 21.7 Å². The van der Waals surface area contributed by atoms with Gasteiger partial charge in [0.1, 0.15) is 0 Å². The van der Waals surface area contributed by atoms with Crippen LogP contribution in [0, 0.1) is 0 Å². The molecule has 2 aromatic carbocycles. The van der Waals surface area contributed by atoms with Crippen LogP contribution in [0.2, 0.25) is 10.0 Å². The smallest absolute Gasteiger partial charge is 0.0760 e. The number of benzene rings is 2. The third-order valence-corrected chi connectivity index (χ3v) is 5.61. The molecule has 3 aromatic rings. The molecule has 0 aliphatic carbocycles. The molecule has 0 radical (unpaired) electrons. The molecule has 0 bridgehead atoms. The van der Waals surface area contributed by atoms with Crippen molar-refractivity contribution in [1.29, 1.82) is 0 Å². The molecule has 1 heterocycles. The van der Waals surface area contributed by atoms with Gasteiger partial charge in [0.25, 0.3) is 0 Å². The van der Waals surface area contributed by atoms with Gasteiger partial charge in [-0.25, -0.2) is 4.98 Å². The highest BCUT2D eigenvalue weighted by molar-refractivity contribution is 6.40. The summed E-state index contributed by atoms with van der Waals surface area (Å²) in [5.74, 6) is 0. The van der Waals surface area contributed by atoms with E-state index in [1.807, 2.05) is 24.3 Å². The average molecular weight is 404 g/mol. The normalized spacial score (nSPS) is 12.8. The van der Waals surface area contributed by atoms with Crippen molar-refractivity contribution in [3.8, 4) is 0 Å². The zero-order chi connectivity index (χ0) is 19.4. The van der Waals surface area contributed by atoms with Gasteiger partial charge in [-0.1, -0.05) is 55.2 Å². The topological polar surface area (TPSA) is 28.2 Å². The number of nitrogens with zero attached hydrogens (tertiary/aromatic N) is 2. The van der Waals surface area contributed by atoms with E-state index < -0.39 is 0 Å². The number of halogens is 2. The number of para-hydroxylation sites is 1. The van der Waals surface area contributed by atoms with Gasteiger partial charge < -0.3 is 10.2 Å². The van der Waals surface area contributed by atoms with Crippen LogP contribution in [-0.2, 0) is 0 Å². The number of anilines is 1. The van der Waals surface area contributed by atoms with E-state index in [0.29, 0.717) is 16.1 Å². The van der Waals surface area contributed by atoms with E-state index in [0.717, 1.165) is 60.0 Å². The quantitative estimate of drug-likeness (QED) is 0.428. The van der Waals surface area contributed by atoms with Crippen molar-refractivity contribution in [2.75, 3.05) is 25.0 Å². The third kappa shape index (κ3) is 4.66. The minimum absolute atomic E-state index is 0.335. The summed E-state index contributed by atoms with van der Waals surface area (Å²) in [6.07, 6.45) is 2.26. The van der Waals surface area contributed by atoms with Crippen molar-refractivity contribution < 1.29 is 0 Å². The first-order chi connectivity index (χ1) is 13.0. The number of nitrogens with one attached hydrogen (secondary N) is 1. The number of pyridine rings is 1. The molecule has 0 unspecified atom stereocenters. The Morgan fingerprint density at radius 2 is 1.81 bits per heavy atom. The maximum atomic E-state index is 6.56. The second-order valence-electron chi connectivity index (χ2n) is 7.00. The van der Waals surface area contributed by atoms with Crippen molar-refractivity contribution in [3.05, 3.63) is 46.4 Å². The van der Waals surface area contributed by atoms with Gasteiger partial charge in [0.2, 0.25) is 0 Å². The molecule has 1 aromatic heterocycles. The fourth-order valence-electron chi connectivity index (χ4n) is 3.57. The van der Waals surface area contributed by atoms with Crippen LogP contribution < -0.4 is 5.32 Å². The second kappa shape index (κ2) is 9.09. The van der Waals surface area contributed by atoms with Gasteiger partial charge in [-0.2, -0.15) is 0 Å². The summed E-state index contributed by atoms with van der Waals surface area (Å²) in [6, 6.07) is 12.2. The minimum atomic E-state index is 0.335. The van der Waals surface area contributed by atoms with E-state index in [9.17, 15) is 0 Å². The van der Waals surface area contributed by atoms with Crippen LogP contribution in [0.3, 0.4) is 0 Å². The maximum Gasteiger partial charge on any atom is 0.0760 e. The highest BCUT2D eigenvalue weighted by Crippen LogP contribution is 2.37. The number of hydrogen-bond donors (Lipinski definition) is 1. The maximum absolute atomic E-state index is 6.56. The van der Waals surface area contributed by atoms with Crippen molar-refractivity contribution in [2.24, 2.45) is 0 Å². The Labute approximate surface area is 171 Å². The van der Waals surface area contributed by atoms with E-state index in [1.165, 1.54) is 0 Å². The molecule has 3 rings (SSSR count). The van der Waals surface area contributed by atoms with Crippen LogP contribution in [0.5, 0.6) is 0 Å². The zero-order valence-electron chi connectivity index (χ0n) is 16.2. The summed E-state index contributed by atoms with van der Waals surface area (Å²) in [4.78, 5) is 7.22. The summed E-state index contributed by atoms with van der Waals surface area (Å²) in [5, 5.41) is 6.98. The lowest BCUT2D eigenvalue weighted by Gasteiger charge is -2.22. The Kier molecular flexibility index (Phi) is 6.80. The summed E-state index contributed by atoms with van der Waals surface area (Å²) in [7, 11) is 0. The number of hydrogen-bond acceptors (Lipinski definition) is 3. The first-order valence-electron chi connectivity index (χ1n) is 9.69. The van der Waals surface area contributed by atoms with Crippen LogP contribution in [0.25, 0.3) is 21.8 Å². The summed E-state index contributed by atoms with van der Waals surface area (Å²) >= 11 is 12.8. The Morgan fingerprint density at radius 3 is 2.56 bits per heavy atom. The van der Waals surface area contributed by atoms with E-state index in [1.54, 1.807) is 6.07 Å². The fourth-order valence-corrected chi connectivity index (χ4v) is 4.15. The zero-order valence-corrected chi connectivity index (χ0v) is 17.7. The van der Waals surface area contributed by atoms with E-state index >= 15 is 0 Å². The van der Waals surface area contributed by atoms with Gasteiger partial charge in [0.15, 0.2) is 0 Å². The van der Waals surface area contributed by atoms with Crippen LogP contribution >= 0.6 is 23.2 Å². The van der Waals surface area contributed by atoms with Gasteiger partial charge in [0, 0.05) is 21.8 Å². The number of rotatable bonds is 8. The Bertz CT molecular complexity index is 922. The lowest BCUT2D eigenvalue weighted by atomic mass is 10.1. The summed E-state index contributed by atoms with van der Waals surface area (Å²) < 4.78 is 0. The fraction of sp³-hybridized carbons (Fsp3) is 0.409. The number of aromatic nitrogens is 1. The molecular formula is C22H27Cl2N3. The average Bonchev–Trinajstić information content (AvgIpc) is 2.64. The molecule has 0 aliphatic heterocycles. The predicted molar refractivity (Wildman–Crippen MR) is 119 cm³/mol. The molecule has 0 fully saturated rings. The Balaban J connectivity index is 1.91. The molecule has 0 aliphatic rings. The molecule has 0 spiro atoms. The first kappa shape index (κ1) is 20.2. The highest BCUT2D eigenvalue weighted by Gasteiger charge is 2.15. The van der Waals surface area contributed by atoms with Crippen LogP contribution in [-0.4, -0.2) is 35.6 Å². The van der Waals surface area contributed by atoms with Gasteiger partial charge >= 0.3 is 0 Å². The standard InChI is InChI=1S/C22H27Cl2N3/c1-4-27(5-2)12-8-9-15(3)25-22-17-10-6-7-11-19(17)26-20-14-16(23)13-18(24)21(20)22/h6-7,10-11,13-15H,4-5,8-9,12H2,1-3H3,(H,25,26)/t15-/m1/s1. The Hall–Kier alpha value is -1.55. The lowest BCUT2D eigenvalue weighted by molar-refractivity contribution is 0.295. The van der Waals surface area contributed by atoms with Crippen molar-refractivity contribution in [1.82, 2.24) is 9.88 Å². The summed E-state index contributed by atoms with van der Waals surface area (Å²) in [6.45, 7) is 10.0. The monoisotopic (exact) mass is 403 g/mol. The number of fused-ring (bicyclic) bond motifs is 2. The predicted octanol–water partition coefficient (Wildman–Crippen LogP) is 6.62. The summed E-state index contributed by atoms with van der Waals surface area (Å²) in [5.41, 5.74) is 2.82. The van der Waals surface area contributed by atoms with E-state index in [-0.39, 0.29) is 0 Å². The third-order valence-electron chi connectivity index (χ3n) is 5.10. The molecule has 27 heavy (non-hydrogen) atoms.